The maximum atomic E-state index is 12.1. The Bertz CT molecular complexity index is 822. The van der Waals surface area contributed by atoms with Crippen LogP contribution in [0.15, 0.2) is 44.9 Å². The van der Waals surface area contributed by atoms with E-state index in [0.717, 1.165) is 20.9 Å². The molecule has 0 aliphatic carbocycles. The van der Waals surface area contributed by atoms with E-state index in [2.05, 4.69) is 32.4 Å². The highest BCUT2D eigenvalue weighted by atomic mass is 79.9. The maximum Gasteiger partial charge on any atom is 0.226 e. The molecule has 3 aromatic heterocycles. The minimum atomic E-state index is 0.0169. The number of halogens is 1. The van der Waals surface area contributed by atoms with Crippen LogP contribution in [-0.4, -0.2) is 15.7 Å². The second-order valence-electron chi connectivity index (χ2n) is 5.13. The zero-order valence-electron chi connectivity index (χ0n) is 11.5. The zero-order chi connectivity index (χ0) is 15.1. The van der Waals surface area contributed by atoms with E-state index in [1.807, 2.05) is 24.4 Å². The first-order valence-corrected chi connectivity index (χ1v) is 8.45. The number of hydrogen-bond acceptors (Lipinski definition) is 4. The monoisotopic (exact) mass is 377 g/mol. The summed E-state index contributed by atoms with van der Waals surface area (Å²) in [4.78, 5) is 13.3. The highest BCUT2D eigenvalue weighted by Crippen LogP contribution is 2.40. The molecular weight excluding hydrogens is 366 g/mol. The predicted molar refractivity (Wildman–Crippen MR) is 87.1 cm³/mol. The number of nitrogens with one attached hydrogen (secondary N) is 1. The van der Waals surface area contributed by atoms with E-state index in [0.29, 0.717) is 13.0 Å². The fourth-order valence-corrected chi connectivity index (χ4v) is 4.25. The molecule has 0 fully saturated rings. The van der Waals surface area contributed by atoms with Crippen molar-refractivity contribution in [3.63, 3.8) is 0 Å². The number of carbonyl (C=O) groups excluding carboxylic acids is 1. The van der Waals surface area contributed by atoms with Gasteiger partial charge in [0.15, 0.2) is 0 Å². The third kappa shape index (κ3) is 2.40. The zero-order valence-corrected chi connectivity index (χ0v) is 13.9. The number of hydrogen-bond donors (Lipinski definition) is 1. The summed E-state index contributed by atoms with van der Waals surface area (Å²) in [6.07, 6.45) is 3.93. The molecule has 1 aliphatic rings. The molecule has 22 heavy (non-hydrogen) atoms. The van der Waals surface area contributed by atoms with Gasteiger partial charge in [0.1, 0.15) is 18.1 Å². The van der Waals surface area contributed by atoms with Crippen molar-refractivity contribution in [2.24, 2.45) is 0 Å². The van der Waals surface area contributed by atoms with E-state index >= 15 is 0 Å². The number of thiophene rings is 1. The minimum absolute atomic E-state index is 0.0169. The van der Waals surface area contributed by atoms with Gasteiger partial charge in [0, 0.05) is 22.8 Å². The van der Waals surface area contributed by atoms with E-state index in [1.165, 1.54) is 4.88 Å². The molecule has 0 aromatic carbocycles. The highest BCUT2D eigenvalue weighted by molar-refractivity contribution is 9.11. The van der Waals surface area contributed by atoms with Crippen LogP contribution in [-0.2, 0) is 11.3 Å². The van der Waals surface area contributed by atoms with Crippen molar-refractivity contribution in [3.05, 3.63) is 56.7 Å². The summed E-state index contributed by atoms with van der Waals surface area (Å²) in [5.41, 5.74) is 1.06. The van der Waals surface area contributed by atoms with E-state index in [9.17, 15) is 4.79 Å². The molecule has 1 N–H and O–H groups in total. The number of carbonyl (C=O) groups is 1. The van der Waals surface area contributed by atoms with Gasteiger partial charge in [0.05, 0.1) is 16.2 Å². The molecule has 0 bridgehead atoms. The molecule has 0 saturated heterocycles. The first kappa shape index (κ1) is 13.8. The van der Waals surface area contributed by atoms with Crippen LogP contribution in [0.4, 0.5) is 5.82 Å². The Hall–Kier alpha value is -1.86. The van der Waals surface area contributed by atoms with Crippen LogP contribution < -0.4 is 5.32 Å². The summed E-state index contributed by atoms with van der Waals surface area (Å²) < 4.78 is 8.21. The molecule has 5 nitrogen and oxygen atoms in total. The van der Waals surface area contributed by atoms with Crippen molar-refractivity contribution >= 4 is 39.0 Å². The Morgan fingerprint density at radius 2 is 2.36 bits per heavy atom. The van der Waals surface area contributed by atoms with Crippen LogP contribution in [0.2, 0.25) is 0 Å². The van der Waals surface area contributed by atoms with Gasteiger partial charge in [0.25, 0.3) is 0 Å². The molecular formula is C15H12BrN3O2S. The third-order valence-corrected chi connectivity index (χ3v) is 5.45. The van der Waals surface area contributed by atoms with Gasteiger partial charge >= 0.3 is 0 Å². The lowest BCUT2D eigenvalue weighted by molar-refractivity contribution is -0.116. The van der Waals surface area contributed by atoms with Crippen molar-refractivity contribution in [3.8, 4) is 0 Å². The lowest BCUT2D eigenvalue weighted by Crippen LogP contribution is -2.24. The van der Waals surface area contributed by atoms with E-state index < -0.39 is 0 Å². The first-order valence-electron chi connectivity index (χ1n) is 6.84. The van der Waals surface area contributed by atoms with E-state index in [-0.39, 0.29) is 11.8 Å². The number of amides is 1. The number of anilines is 1. The van der Waals surface area contributed by atoms with Crippen molar-refractivity contribution in [2.75, 3.05) is 5.32 Å². The predicted octanol–water partition coefficient (Wildman–Crippen LogP) is 3.82. The Labute approximate surface area is 139 Å². The Balaban J connectivity index is 1.72. The van der Waals surface area contributed by atoms with Crippen LogP contribution in [0.3, 0.4) is 0 Å². The normalized spacial score (nSPS) is 17.3. The number of rotatable bonds is 3. The summed E-state index contributed by atoms with van der Waals surface area (Å²) in [5.74, 6) is 1.65. The van der Waals surface area contributed by atoms with Crippen molar-refractivity contribution in [1.82, 2.24) is 9.78 Å². The van der Waals surface area contributed by atoms with Gasteiger partial charge < -0.3 is 9.73 Å². The Morgan fingerprint density at radius 1 is 1.45 bits per heavy atom. The standard InChI is InChI=1S/C15H12BrN3O2S/c16-13-4-3-12(22-13)10-6-14(20)18-15-11(10)7-17-19(15)8-9-2-1-5-21-9/h1-5,7,10H,6,8H2,(H,18,20). The van der Waals surface area contributed by atoms with Crippen LogP contribution in [0.25, 0.3) is 0 Å². The fourth-order valence-electron chi connectivity index (χ4n) is 2.71. The molecule has 4 heterocycles. The second-order valence-corrected chi connectivity index (χ2v) is 7.63. The van der Waals surface area contributed by atoms with Crippen molar-refractivity contribution in [1.29, 1.82) is 0 Å². The lowest BCUT2D eigenvalue weighted by atomic mass is 9.93. The van der Waals surface area contributed by atoms with Gasteiger partial charge in [-0.3, -0.25) is 4.79 Å². The summed E-state index contributed by atoms with van der Waals surface area (Å²) in [6, 6.07) is 7.81. The van der Waals surface area contributed by atoms with Gasteiger partial charge in [-0.15, -0.1) is 11.3 Å². The number of fused-ring (bicyclic) bond motifs is 1. The van der Waals surface area contributed by atoms with Gasteiger partial charge in [0.2, 0.25) is 5.91 Å². The number of nitrogens with zero attached hydrogens (tertiary/aromatic N) is 2. The maximum absolute atomic E-state index is 12.1. The molecule has 1 amide bonds. The summed E-state index contributed by atoms with van der Waals surface area (Å²) in [6.45, 7) is 0.503. The lowest BCUT2D eigenvalue weighted by Gasteiger charge is -2.22. The second kappa shape index (κ2) is 5.40. The molecule has 1 atom stereocenters. The van der Waals surface area contributed by atoms with Crippen LogP contribution >= 0.6 is 27.3 Å². The molecule has 1 unspecified atom stereocenters. The molecule has 0 spiro atoms. The van der Waals surface area contributed by atoms with Gasteiger partial charge in [-0.2, -0.15) is 5.10 Å². The van der Waals surface area contributed by atoms with Crippen molar-refractivity contribution < 1.29 is 9.21 Å². The first-order chi connectivity index (χ1) is 10.7. The van der Waals surface area contributed by atoms with Crippen LogP contribution in [0.5, 0.6) is 0 Å². The summed E-state index contributed by atoms with van der Waals surface area (Å²) >= 11 is 5.14. The topological polar surface area (TPSA) is 60.1 Å². The van der Waals surface area contributed by atoms with E-state index in [4.69, 9.17) is 4.42 Å². The molecule has 0 radical (unpaired) electrons. The highest BCUT2D eigenvalue weighted by Gasteiger charge is 2.30. The minimum Gasteiger partial charge on any atom is -0.467 e. The molecule has 0 saturated carbocycles. The SMILES string of the molecule is O=C1CC(c2ccc(Br)s2)c2cnn(Cc3ccco3)c2N1. The largest absolute Gasteiger partial charge is 0.467 e. The van der Waals surface area contributed by atoms with Crippen LogP contribution in [0, 0.1) is 0 Å². The summed E-state index contributed by atoms with van der Waals surface area (Å²) in [7, 11) is 0. The van der Waals surface area contributed by atoms with Gasteiger partial charge in [-0.1, -0.05) is 0 Å². The van der Waals surface area contributed by atoms with Gasteiger partial charge in [-0.05, 0) is 40.2 Å². The quantitative estimate of drug-likeness (QED) is 0.754. The van der Waals surface area contributed by atoms with Crippen LogP contribution in [0.1, 0.15) is 28.5 Å². The Morgan fingerprint density at radius 3 is 3.09 bits per heavy atom. The molecule has 4 rings (SSSR count). The third-order valence-electron chi connectivity index (χ3n) is 3.71. The number of furan rings is 1. The number of aromatic nitrogens is 2. The average Bonchev–Trinajstić information content (AvgIpc) is 3.21. The molecule has 1 aliphatic heterocycles. The molecule has 3 aromatic rings. The summed E-state index contributed by atoms with van der Waals surface area (Å²) in [5, 5.41) is 7.36. The average molecular weight is 378 g/mol. The fraction of sp³-hybridized carbons (Fsp3) is 0.200. The van der Waals surface area contributed by atoms with Crippen molar-refractivity contribution in [2.45, 2.75) is 18.9 Å². The molecule has 112 valence electrons. The molecule has 7 heteroatoms. The van der Waals surface area contributed by atoms with Gasteiger partial charge in [-0.25, -0.2) is 4.68 Å². The smallest absolute Gasteiger partial charge is 0.226 e. The Kier molecular flexibility index (Phi) is 3.38. The van der Waals surface area contributed by atoms with E-state index in [1.54, 1.807) is 22.3 Å².